The number of hydrogen-bond acceptors (Lipinski definition) is 2. The summed E-state index contributed by atoms with van der Waals surface area (Å²) in [5.41, 5.74) is 1.30. The van der Waals surface area contributed by atoms with E-state index in [4.69, 9.17) is 0 Å². The Kier molecular flexibility index (Phi) is 6.92. The van der Waals surface area contributed by atoms with E-state index in [1.807, 2.05) is 33.8 Å². The molecule has 0 radical (unpaired) electrons. The summed E-state index contributed by atoms with van der Waals surface area (Å²) >= 11 is 0. The minimum atomic E-state index is -0.00127. The number of anilines is 1. The third kappa shape index (κ3) is 4.59. The average Bonchev–Trinajstić information content (AvgIpc) is 2.49. The molecule has 0 fully saturated rings. The third-order valence-electron chi connectivity index (χ3n) is 3.78. The Bertz CT molecular complexity index is 477. The van der Waals surface area contributed by atoms with Crippen LogP contribution in [-0.2, 0) is 4.79 Å². The van der Waals surface area contributed by atoms with Crippen molar-refractivity contribution in [2.24, 2.45) is 5.92 Å². The Morgan fingerprint density at radius 2 is 1.71 bits per heavy atom. The van der Waals surface area contributed by atoms with E-state index in [-0.39, 0.29) is 17.7 Å². The fourth-order valence-corrected chi connectivity index (χ4v) is 2.33. The van der Waals surface area contributed by atoms with Crippen molar-refractivity contribution in [3.63, 3.8) is 0 Å². The van der Waals surface area contributed by atoms with Crippen LogP contribution in [0.4, 0.5) is 5.69 Å². The lowest BCUT2D eigenvalue weighted by atomic mass is 10.0. The van der Waals surface area contributed by atoms with Crippen LogP contribution in [0.1, 0.15) is 50.9 Å². The standard InChI is InChI=1S/C17H26N2O2/c1-5-13(6-2)16(20)18-15-11-9-10-14(12-15)17(21)19(7-3)8-4/h9-13H,5-8H2,1-4H3,(H,18,20). The Hall–Kier alpha value is -1.84. The molecule has 0 spiro atoms. The zero-order chi connectivity index (χ0) is 15.8. The van der Waals surface area contributed by atoms with Crippen LogP contribution in [-0.4, -0.2) is 29.8 Å². The Morgan fingerprint density at radius 1 is 1.10 bits per heavy atom. The van der Waals surface area contributed by atoms with Crippen molar-refractivity contribution >= 4 is 17.5 Å². The Morgan fingerprint density at radius 3 is 2.24 bits per heavy atom. The van der Waals surface area contributed by atoms with Gasteiger partial charge >= 0.3 is 0 Å². The van der Waals surface area contributed by atoms with Crippen LogP contribution in [0.25, 0.3) is 0 Å². The molecule has 0 aliphatic carbocycles. The molecule has 2 amide bonds. The molecule has 0 saturated heterocycles. The Labute approximate surface area is 127 Å². The molecule has 0 aliphatic rings. The summed E-state index contributed by atoms with van der Waals surface area (Å²) in [6, 6.07) is 7.16. The van der Waals surface area contributed by atoms with Gasteiger partial charge < -0.3 is 10.2 Å². The molecular weight excluding hydrogens is 264 g/mol. The molecule has 1 aromatic carbocycles. The fraction of sp³-hybridized carbons (Fsp3) is 0.529. The van der Waals surface area contributed by atoms with Gasteiger partial charge in [-0.3, -0.25) is 9.59 Å². The molecule has 0 heterocycles. The second kappa shape index (κ2) is 8.45. The van der Waals surface area contributed by atoms with Crippen LogP contribution in [0.2, 0.25) is 0 Å². The van der Waals surface area contributed by atoms with Crippen molar-refractivity contribution in [1.29, 1.82) is 0 Å². The molecule has 0 atom stereocenters. The first-order chi connectivity index (χ1) is 10.1. The molecule has 0 bridgehead atoms. The summed E-state index contributed by atoms with van der Waals surface area (Å²) in [6.07, 6.45) is 1.64. The van der Waals surface area contributed by atoms with E-state index < -0.39 is 0 Å². The molecule has 1 rings (SSSR count). The minimum absolute atomic E-state index is 0.00127. The summed E-state index contributed by atoms with van der Waals surface area (Å²) in [5, 5.41) is 2.90. The molecule has 0 aromatic heterocycles. The summed E-state index contributed by atoms with van der Waals surface area (Å²) in [4.78, 5) is 26.2. The van der Waals surface area contributed by atoms with Gasteiger partial charge in [-0.25, -0.2) is 0 Å². The summed E-state index contributed by atoms with van der Waals surface area (Å²) in [6.45, 7) is 9.29. The molecule has 1 N–H and O–H groups in total. The van der Waals surface area contributed by atoms with E-state index in [9.17, 15) is 9.59 Å². The third-order valence-corrected chi connectivity index (χ3v) is 3.78. The van der Waals surface area contributed by atoms with E-state index in [0.29, 0.717) is 24.3 Å². The number of rotatable bonds is 7. The highest BCUT2D eigenvalue weighted by Gasteiger charge is 2.16. The van der Waals surface area contributed by atoms with Gasteiger partial charge in [0.2, 0.25) is 5.91 Å². The van der Waals surface area contributed by atoms with E-state index >= 15 is 0 Å². The lowest BCUT2D eigenvalue weighted by molar-refractivity contribution is -0.120. The van der Waals surface area contributed by atoms with Crippen LogP contribution in [0, 0.1) is 5.92 Å². The molecule has 0 saturated carbocycles. The molecular formula is C17H26N2O2. The first-order valence-electron chi connectivity index (χ1n) is 7.77. The highest BCUT2D eigenvalue weighted by atomic mass is 16.2. The lowest BCUT2D eigenvalue weighted by Gasteiger charge is -2.19. The molecule has 116 valence electrons. The van der Waals surface area contributed by atoms with Crippen LogP contribution in [0.3, 0.4) is 0 Å². The highest BCUT2D eigenvalue weighted by molar-refractivity contribution is 5.97. The first-order valence-corrected chi connectivity index (χ1v) is 7.77. The van der Waals surface area contributed by atoms with Crippen LogP contribution >= 0.6 is 0 Å². The number of carbonyl (C=O) groups excluding carboxylic acids is 2. The van der Waals surface area contributed by atoms with E-state index in [1.165, 1.54) is 0 Å². The van der Waals surface area contributed by atoms with Crippen LogP contribution in [0.15, 0.2) is 24.3 Å². The average molecular weight is 290 g/mol. The van der Waals surface area contributed by atoms with Gasteiger partial charge in [-0.2, -0.15) is 0 Å². The molecule has 1 aromatic rings. The summed E-state index contributed by atoms with van der Waals surface area (Å²) in [7, 11) is 0. The zero-order valence-corrected chi connectivity index (χ0v) is 13.5. The van der Waals surface area contributed by atoms with Crippen molar-refractivity contribution in [1.82, 2.24) is 4.90 Å². The van der Waals surface area contributed by atoms with Crippen LogP contribution < -0.4 is 5.32 Å². The van der Waals surface area contributed by atoms with Crippen molar-refractivity contribution < 1.29 is 9.59 Å². The van der Waals surface area contributed by atoms with Crippen LogP contribution in [0.5, 0.6) is 0 Å². The SMILES string of the molecule is CCC(CC)C(=O)Nc1cccc(C(=O)N(CC)CC)c1. The molecule has 0 aliphatic heterocycles. The quantitative estimate of drug-likeness (QED) is 0.835. The molecule has 4 nitrogen and oxygen atoms in total. The normalized spacial score (nSPS) is 10.5. The monoisotopic (exact) mass is 290 g/mol. The number of nitrogens with zero attached hydrogens (tertiary/aromatic N) is 1. The predicted molar refractivity (Wildman–Crippen MR) is 86.4 cm³/mol. The van der Waals surface area contributed by atoms with Gasteiger partial charge in [0.25, 0.3) is 5.91 Å². The Balaban J connectivity index is 2.86. The highest BCUT2D eigenvalue weighted by Crippen LogP contribution is 2.16. The van der Waals surface area contributed by atoms with Gasteiger partial charge in [0.15, 0.2) is 0 Å². The maximum absolute atomic E-state index is 12.3. The maximum atomic E-state index is 12.3. The van der Waals surface area contributed by atoms with E-state index in [1.54, 1.807) is 23.1 Å². The summed E-state index contributed by atoms with van der Waals surface area (Å²) in [5.74, 6) is 0.0400. The van der Waals surface area contributed by atoms with Crippen molar-refractivity contribution in [3.05, 3.63) is 29.8 Å². The fourth-order valence-electron chi connectivity index (χ4n) is 2.33. The second-order valence-electron chi connectivity index (χ2n) is 5.06. The van der Waals surface area contributed by atoms with Gasteiger partial charge in [-0.1, -0.05) is 19.9 Å². The largest absolute Gasteiger partial charge is 0.339 e. The first kappa shape index (κ1) is 17.2. The van der Waals surface area contributed by atoms with Gasteiger partial charge in [-0.05, 0) is 44.9 Å². The number of hydrogen-bond donors (Lipinski definition) is 1. The van der Waals surface area contributed by atoms with Crippen molar-refractivity contribution in [2.75, 3.05) is 18.4 Å². The lowest BCUT2D eigenvalue weighted by Crippen LogP contribution is -2.30. The minimum Gasteiger partial charge on any atom is -0.339 e. The second-order valence-corrected chi connectivity index (χ2v) is 5.06. The van der Waals surface area contributed by atoms with Gasteiger partial charge in [0.05, 0.1) is 0 Å². The van der Waals surface area contributed by atoms with Gasteiger partial charge in [0.1, 0.15) is 0 Å². The number of carbonyl (C=O) groups is 2. The molecule has 0 unspecified atom stereocenters. The topological polar surface area (TPSA) is 49.4 Å². The summed E-state index contributed by atoms with van der Waals surface area (Å²) < 4.78 is 0. The number of amides is 2. The number of benzene rings is 1. The maximum Gasteiger partial charge on any atom is 0.253 e. The van der Waals surface area contributed by atoms with Gasteiger partial charge in [-0.15, -0.1) is 0 Å². The smallest absolute Gasteiger partial charge is 0.253 e. The zero-order valence-electron chi connectivity index (χ0n) is 13.5. The van der Waals surface area contributed by atoms with E-state index in [0.717, 1.165) is 12.8 Å². The predicted octanol–water partition coefficient (Wildman–Crippen LogP) is 3.54. The number of nitrogens with one attached hydrogen (secondary N) is 1. The van der Waals surface area contributed by atoms with Gasteiger partial charge in [0, 0.05) is 30.3 Å². The van der Waals surface area contributed by atoms with E-state index in [2.05, 4.69) is 5.32 Å². The van der Waals surface area contributed by atoms with Crippen molar-refractivity contribution in [2.45, 2.75) is 40.5 Å². The molecule has 4 heteroatoms. The van der Waals surface area contributed by atoms with Crippen molar-refractivity contribution in [3.8, 4) is 0 Å². The molecule has 21 heavy (non-hydrogen) atoms.